The molecule has 0 unspecified atom stereocenters. The quantitative estimate of drug-likeness (QED) is 0.365. The molecule has 4 heteroatoms. The Hall–Kier alpha value is 2.18. The third-order valence-corrected chi connectivity index (χ3v) is 0. The van der Waals surface area contributed by atoms with E-state index in [1.54, 1.807) is 6.92 Å². The van der Waals surface area contributed by atoms with Gasteiger partial charge in [0.05, 0.1) is 0 Å². The van der Waals surface area contributed by atoms with Gasteiger partial charge in [-0.2, -0.15) is 0 Å². The van der Waals surface area contributed by atoms with E-state index in [0.717, 1.165) is 0 Å². The first-order chi connectivity index (χ1) is 1.41. The third-order valence-electron chi connectivity index (χ3n) is 0. The monoisotopic (exact) mass is 130 g/mol. The van der Waals surface area contributed by atoms with Gasteiger partial charge in [0, 0.05) is 6.61 Å². The molecule has 3 N–H and O–H groups in total. The summed E-state index contributed by atoms with van der Waals surface area (Å²) in [5.74, 6) is 0. The van der Waals surface area contributed by atoms with E-state index in [4.69, 9.17) is 5.11 Å². The topological polar surface area (TPSA) is 51.7 Å². The Bertz CT molecular complexity index is 11.5. The fraction of sp³-hybridized carbons (Fsp3) is 1.00. The van der Waals surface area contributed by atoms with Crippen molar-refractivity contribution in [3.8, 4) is 0 Å². The van der Waals surface area contributed by atoms with Gasteiger partial charge in [0.1, 0.15) is 0 Å². The van der Waals surface area contributed by atoms with Crippen LogP contribution in [0.3, 0.4) is 0 Å². The molecule has 0 aliphatic carbocycles. The molecular weight excluding hydrogens is 119 g/mol. The zero-order valence-electron chi connectivity index (χ0n) is 2.65. The Morgan fingerprint density at radius 3 is 1.50 bits per heavy atom. The van der Waals surface area contributed by atoms with Crippen LogP contribution in [0.15, 0.2) is 0 Å². The number of aliphatic hydroxyl groups is 1. The molecule has 0 rings (SSSR count). The SMILES string of the molecule is CCO.O.[CaH2].[NaH]. The summed E-state index contributed by atoms with van der Waals surface area (Å²) in [6.07, 6.45) is 0. The summed E-state index contributed by atoms with van der Waals surface area (Å²) in [4.78, 5) is 0. The van der Waals surface area contributed by atoms with Gasteiger partial charge >= 0.3 is 67.3 Å². The van der Waals surface area contributed by atoms with E-state index in [2.05, 4.69) is 0 Å². The van der Waals surface area contributed by atoms with Crippen molar-refractivity contribution in [1.82, 2.24) is 0 Å². The second kappa shape index (κ2) is 27.1. The van der Waals surface area contributed by atoms with E-state index >= 15 is 0 Å². The zero-order chi connectivity index (χ0) is 2.71. The molecule has 0 aromatic carbocycles. The van der Waals surface area contributed by atoms with Crippen molar-refractivity contribution in [2.45, 2.75) is 6.92 Å². The van der Waals surface area contributed by atoms with Crippen molar-refractivity contribution in [2.75, 3.05) is 6.61 Å². The van der Waals surface area contributed by atoms with Gasteiger partial charge in [-0.3, -0.25) is 0 Å². The molecule has 0 bridgehead atoms. The van der Waals surface area contributed by atoms with Crippen LogP contribution >= 0.6 is 0 Å². The Balaban J connectivity index is -0.00000000667. The second-order valence-corrected chi connectivity index (χ2v) is 0.316. The van der Waals surface area contributed by atoms with Crippen LogP contribution in [0.4, 0.5) is 0 Å². The van der Waals surface area contributed by atoms with Crippen LogP contribution < -0.4 is 0 Å². The summed E-state index contributed by atoms with van der Waals surface area (Å²) >= 11 is 0. The van der Waals surface area contributed by atoms with Crippen LogP contribution in [0.5, 0.6) is 0 Å². The zero-order valence-corrected chi connectivity index (χ0v) is 2.65. The third kappa shape index (κ3) is 34.9. The predicted molar refractivity (Wildman–Crippen MR) is 32.1 cm³/mol. The molecule has 0 heterocycles. The molecule has 2 nitrogen and oxygen atoms in total. The van der Waals surface area contributed by atoms with E-state index < -0.39 is 0 Å². The first kappa shape index (κ1) is 24.1. The Morgan fingerprint density at radius 1 is 1.50 bits per heavy atom. The van der Waals surface area contributed by atoms with Crippen molar-refractivity contribution in [2.24, 2.45) is 0 Å². The van der Waals surface area contributed by atoms with E-state index in [-0.39, 0.29) is 79.4 Å². The number of aliphatic hydroxyl groups excluding tert-OH is 1. The number of hydrogen-bond acceptors (Lipinski definition) is 1. The molecule has 0 aliphatic rings. The van der Waals surface area contributed by atoms with Crippen molar-refractivity contribution >= 4 is 67.3 Å². The molecule has 0 spiro atoms. The second-order valence-electron chi connectivity index (χ2n) is 0.316. The molecule has 0 saturated heterocycles. The summed E-state index contributed by atoms with van der Waals surface area (Å²) in [5, 5.41) is 7.57. The fourth-order valence-electron chi connectivity index (χ4n) is 0. The van der Waals surface area contributed by atoms with Gasteiger partial charge < -0.3 is 10.6 Å². The summed E-state index contributed by atoms with van der Waals surface area (Å²) in [7, 11) is 0. The van der Waals surface area contributed by atoms with E-state index in [0.29, 0.717) is 0 Å². The Morgan fingerprint density at radius 2 is 1.50 bits per heavy atom. The van der Waals surface area contributed by atoms with Crippen molar-refractivity contribution < 1.29 is 10.6 Å². The van der Waals surface area contributed by atoms with Crippen molar-refractivity contribution in [3.05, 3.63) is 0 Å². The molecule has 0 aromatic heterocycles. The predicted octanol–water partition coefficient (Wildman–Crippen LogP) is -2.39. The summed E-state index contributed by atoms with van der Waals surface area (Å²) in [5.41, 5.74) is 0. The minimum atomic E-state index is 0. The summed E-state index contributed by atoms with van der Waals surface area (Å²) in [6.45, 7) is 1.93. The van der Waals surface area contributed by atoms with Crippen LogP contribution in [0.2, 0.25) is 0 Å². The van der Waals surface area contributed by atoms with E-state index in [1.165, 1.54) is 0 Å². The normalized spacial score (nSPS) is 3.00. The standard InChI is InChI=1S/C2H6O.Ca.Na.H2O.3H/c1-2-3;;;;;;/h3H,2H2,1H3;;;1H2;;;. The maximum atomic E-state index is 7.57. The average molecular weight is 130 g/mol. The molecule has 0 aromatic rings. The minimum absolute atomic E-state index is 0. The van der Waals surface area contributed by atoms with Gasteiger partial charge in [-0.05, 0) is 6.92 Å². The van der Waals surface area contributed by atoms with Crippen LogP contribution in [0.1, 0.15) is 6.92 Å². The van der Waals surface area contributed by atoms with E-state index in [9.17, 15) is 0 Å². The van der Waals surface area contributed by atoms with Gasteiger partial charge in [0.15, 0.2) is 0 Å². The summed E-state index contributed by atoms with van der Waals surface area (Å²) in [6, 6.07) is 0. The van der Waals surface area contributed by atoms with Gasteiger partial charge in [-0.25, -0.2) is 0 Å². The summed E-state index contributed by atoms with van der Waals surface area (Å²) < 4.78 is 0. The van der Waals surface area contributed by atoms with Gasteiger partial charge in [-0.15, -0.1) is 0 Å². The molecule has 0 saturated carbocycles. The van der Waals surface area contributed by atoms with Crippen LogP contribution in [-0.4, -0.2) is 84.5 Å². The van der Waals surface area contributed by atoms with E-state index in [1.807, 2.05) is 0 Å². The van der Waals surface area contributed by atoms with Crippen LogP contribution in [0.25, 0.3) is 0 Å². The molecule has 0 aliphatic heterocycles. The average Bonchev–Trinajstić information content (AvgIpc) is 0.918. The first-order valence-electron chi connectivity index (χ1n) is 1.02. The molecule has 0 fully saturated rings. The Kier molecular flexibility index (Phi) is 109. The molecule has 0 amide bonds. The molecular formula is C2H11CaNaO2. The van der Waals surface area contributed by atoms with Crippen LogP contribution in [0, 0.1) is 0 Å². The molecule has 34 valence electrons. The van der Waals surface area contributed by atoms with Gasteiger partial charge in [0.2, 0.25) is 0 Å². The molecule has 0 atom stereocenters. The van der Waals surface area contributed by atoms with Gasteiger partial charge in [-0.1, -0.05) is 0 Å². The Labute approximate surface area is 89.9 Å². The van der Waals surface area contributed by atoms with Crippen LogP contribution in [-0.2, 0) is 0 Å². The number of rotatable bonds is 0. The maximum absolute atomic E-state index is 7.57. The number of hydrogen-bond donors (Lipinski definition) is 1. The van der Waals surface area contributed by atoms with Gasteiger partial charge in [0.25, 0.3) is 0 Å². The fourth-order valence-corrected chi connectivity index (χ4v) is 0. The van der Waals surface area contributed by atoms with Crippen molar-refractivity contribution in [1.29, 1.82) is 0 Å². The molecule has 0 radical (unpaired) electrons. The van der Waals surface area contributed by atoms with Crippen molar-refractivity contribution in [3.63, 3.8) is 0 Å². The first-order valence-corrected chi connectivity index (χ1v) is 1.02. The molecule has 6 heavy (non-hydrogen) atoms.